The second-order valence-electron chi connectivity index (χ2n) is 6.36. The van der Waals surface area contributed by atoms with E-state index in [2.05, 4.69) is 10.0 Å². The summed E-state index contributed by atoms with van der Waals surface area (Å²) in [5, 5.41) is 3.46. The minimum Gasteiger partial charge on any atom is -0.458 e. The molecule has 0 N–H and O–H groups in total. The van der Waals surface area contributed by atoms with Crippen LogP contribution in [0.4, 0.5) is 5.69 Å². The molecule has 8 heteroatoms. The van der Waals surface area contributed by atoms with Crippen molar-refractivity contribution >= 4 is 23.5 Å². The van der Waals surface area contributed by atoms with Gasteiger partial charge in [0.25, 0.3) is 5.91 Å². The zero-order valence-electron chi connectivity index (χ0n) is 13.7. The Morgan fingerprint density at radius 1 is 1.33 bits per heavy atom. The number of benzene rings is 1. The molecule has 1 unspecified atom stereocenters. The molecule has 0 bridgehead atoms. The van der Waals surface area contributed by atoms with Crippen molar-refractivity contribution in [2.24, 2.45) is 5.11 Å². The Bertz CT molecular complexity index is 732. The minimum atomic E-state index is -0.969. The molecular formula is C16H18N4O4. The zero-order chi connectivity index (χ0) is 17.9. The predicted octanol–water partition coefficient (Wildman–Crippen LogP) is 3.10. The Morgan fingerprint density at radius 3 is 2.62 bits per heavy atom. The molecule has 0 spiro atoms. The lowest BCUT2D eigenvalue weighted by Gasteiger charge is -2.26. The number of nitrogens with zero attached hydrogens (tertiary/aromatic N) is 4. The van der Waals surface area contributed by atoms with E-state index in [9.17, 15) is 14.4 Å². The van der Waals surface area contributed by atoms with Gasteiger partial charge in [0.05, 0.1) is 5.69 Å². The molecule has 8 nitrogen and oxygen atoms in total. The first kappa shape index (κ1) is 17.5. The first-order valence-corrected chi connectivity index (χ1v) is 7.48. The van der Waals surface area contributed by atoms with Crippen LogP contribution in [0.5, 0.6) is 0 Å². The number of hydrogen-bond donors (Lipinski definition) is 0. The SMILES string of the molecule is CC(C)(C)OC(=O)C1CCC(=O)N1C(=O)c1ccccc1N=[N+]=[N-]. The fourth-order valence-corrected chi connectivity index (χ4v) is 2.45. The molecule has 24 heavy (non-hydrogen) atoms. The molecule has 1 saturated heterocycles. The maximum atomic E-state index is 12.7. The highest BCUT2D eigenvalue weighted by atomic mass is 16.6. The van der Waals surface area contributed by atoms with Crippen LogP contribution in [-0.4, -0.2) is 34.3 Å². The molecule has 0 radical (unpaired) electrons. The number of amides is 2. The third-order valence-electron chi connectivity index (χ3n) is 3.40. The van der Waals surface area contributed by atoms with Crippen LogP contribution < -0.4 is 0 Å². The number of azide groups is 1. The first-order valence-electron chi connectivity index (χ1n) is 7.48. The van der Waals surface area contributed by atoms with Gasteiger partial charge in [0.15, 0.2) is 0 Å². The van der Waals surface area contributed by atoms with Gasteiger partial charge in [-0.05, 0) is 38.8 Å². The molecule has 1 aliphatic heterocycles. The van der Waals surface area contributed by atoms with Gasteiger partial charge in [0.2, 0.25) is 5.91 Å². The number of carbonyl (C=O) groups is 3. The molecule has 2 amide bonds. The topological polar surface area (TPSA) is 112 Å². The smallest absolute Gasteiger partial charge is 0.329 e. The van der Waals surface area contributed by atoms with E-state index < -0.39 is 29.4 Å². The van der Waals surface area contributed by atoms with Crippen molar-refractivity contribution < 1.29 is 19.1 Å². The lowest BCUT2D eigenvalue weighted by atomic mass is 10.1. The van der Waals surface area contributed by atoms with Gasteiger partial charge in [-0.3, -0.25) is 14.5 Å². The van der Waals surface area contributed by atoms with E-state index in [4.69, 9.17) is 10.3 Å². The average molecular weight is 330 g/mol. The maximum absolute atomic E-state index is 12.7. The average Bonchev–Trinajstić information content (AvgIpc) is 2.87. The standard InChI is InChI=1S/C16H18N4O4/c1-16(2,3)24-15(23)12-8-9-13(21)20(12)14(22)10-6-4-5-7-11(10)18-19-17/h4-7,12H,8-9H2,1-3H3. The quantitative estimate of drug-likeness (QED) is 0.278. The maximum Gasteiger partial charge on any atom is 0.329 e. The minimum absolute atomic E-state index is 0.0686. The Labute approximate surface area is 139 Å². The fraction of sp³-hybridized carbons (Fsp3) is 0.438. The molecule has 0 aliphatic carbocycles. The van der Waals surface area contributed by atoms with Gasteiger partial charge in [-0.1, -0.05) is 23.3 Å². The third-order valence-corrected chi connectivity index (χ3v) is 3.40. The Kier molecular flexibility index (Phi) is 4.90. The third kappa shape index (κ3) is 3.72. The van der Waals surface area contributed by atoms with Gasteiger partial charge in [0.1, 0.15) is 11.6 Å². The molecule has 1 aliphatic rings. The summed E-state index contributed by atoms with van der Waals surface area (Å²) >= 11 is 0. The highest BCUT2D eigenvalue weighted by Crippen LogP contribution is 2.27. The van der Waals surface area contributed by atoms with E-state index in [1.165, 1.54) is 12.1 Å². The first-order chi connectivity index (χ1) is 11.2. The lowest BCUT2D eigenvalue weighted by Crippen LogP contribution is -2.45. The summed E-state index contributed by atoms with van der Waals surface area (Å²) in [6.07, 6.45) is 0.294. The zero-order valence-corrected chi connectivity index (χ0v) is 13.7. The summed E-state index contributed by atoms with van der Waals surface area (Å²) in [6.45, 7) is 5.14. The van der Waals surface area contributed by atoms with Crippen LogP contribution in [0.3, 0.4) is 0 Å². The van der Waals surface area contributed by atoms with Crippen LogP contribution in [0.2, 0.25) is 0 Å². The largest absolute Gasteiger partial charge is 0.458 e. The number of imide groups is 1. The fourth-order valence-electron chi connectivity index (χ4n) is 2.45. The number of hydrogen-bond acceptors (Lipinski definition) is 5. The number of esters is 1. The summed E-state index contributed by atoms with van der Waals surface area (Å²) in [5.41, 5.74) is 8.05. The van der Waals surface area contributed by atoms with Gasteiger partial charge in [-0.25, -0.2) is 4.79 Å². The lowest BCUT2D eigenvalue weighted by molar-refractivity contribution is -0.160. The van der Waals surface area contributed by atoms with Gasteiger partial charge < -0.3 is 4.74 Å². The van der Waals surface area contributed by atoms with E-state index >= 15 is 0 Å². The second kappa shape index (κ2) is 6.72. The van der Waals surface area contributed by atoms with Crippen LogP contribution in [0.25, 0.3) is 10.4 Å². The van der Waals surface area contributed by atoms with Crippen molar-refractivity contribution in [3.8, 4) is 0 Å². The Balaban J connectivity index is 2.34. The van der Waals surface area contributed by atoms with Crippen molar-refractivity contribution in [1.82, 2.24) is 4.90 Å². The summed E-state index contributed by atoms with van der Waals surface area (Å²) in [6, 6.07) is 5.15. The molecule has 126 valence electrons. The van der Waals surface area contributed by atoms with E-state index in [-0.39, 0.29) is 24.1 Å². The Hall–Kier alpha value is -2.86. The molecule has 1 heterocycles. The summed E-state index contributed by atoms with van der Waals surface area (Å²) < 4.78 is 5.30. The molecule has 0 saturated carbocycles. The van der Waals surface area contributed by atoms with Crippen molar-refractivity contribution in [2.45, 2.75) is 45.3 Å². The van der Waals surface area contributed by atoms with E-state index in [0.29, 0.717) is 0 Å². The van der Waals surface area contributed by atoms with Crippen LogP contribution in [0.1, 0.15) is 44.0 Å². The number of ether oxygens (including phenoxy) is 1. The molecule has 1 aromatic rings. The molecule has 2 rings (SSSR count). The predicted molar refractivity (Wildman–Crippen MR) is 85.3 cm³/mol. The molecule has 0 aromatic heterocycles. The Morgan fingerprint density at radius 2 is 2.00 bits per heavy atom. The van der Waals surface area contributed by atoms with Crippen LogP contribution in [0, 0.1) is 0 Å². The molecule has 1 atom stereocenters. The van der Waals surface area contributed by atoms with E-state index in [1.54, 1.807) is 32.9 Å². The van der Waals surface area contributed by atoms with Gasteiger partial charge in [-0.2, -0.15) is 0 Å². The summed E-state index contributed by atoms with van der Waals surface area (Å²) in [5.74, 6) is -1.74. The molecular weight excluding hydrogens is 312 g/mol. The van der Waals surface area contributed by atoms with Crippen LogP contribution in [-0.2, 0) is 14.3 Å². The van der Waals surface area contributed by atoms with Gasteiger partial charge in [-0.15, -0.1) is 0 Å². The van der Waals surface area contributed by atoms with E-state index in [0.717, 1.165) is 4.90 Å². The molecule has 1 fully saturated rings. The van der Waals surface area contributed by atoms with Gasteiger partial charge >= 0.3 is 5.97 Å². The highest BCUT2D eigenvalue weighted by molar-refractivity contribution is 6.10. The van der Waals surface area contributed by atoms with Crippen molar-refractivity contribution in [3.05, 3.63) is 40.3 Å². The second-order valence-corrected chi connectivity index (χ2v) is 6.36. The normalized spacial score (nSPS) is 17.4. The highest BCUT2D eigenvalue weighted by Gasteiger charge is 2.42. The van der Waals surface area contributed by atoms with Gasteiger partial charge in [0, 0.05) is 16.9 Å². The number of rotatable bonds is 3. The van der Waals surface area contributed by atoms with Crippen LogP contribution in [0.15, 0.2) is 29.4 Å². The summed E-state index contributed by atoms with van der Waals surface area (Å²) in [7, 11) is 0. The number of carbonyl (C=O) groups excluding carboxylic acids is 3. The molecule has 1 aromatic carbocycles. The van der Waals surface area contributed by atoms with Crippen molar-refractivity contribution in [3.63, 3.8) is 0 Å². The monoisotopic (exact) mass is 330 g/mol. The summed E-state index contributed by atoms with van der Waals surface area (Å²) in [4.78, 5) is 40.8. The number of likely N-dealkylation sites (tertiary alicyclic amines) is 1. The van der Waals surface area contributed by atoms with Crippen molar-refractivity contribution in [2.75, 3.05) is 0 Å². The van der Waals surface area contributed by atoms with Crippen LogP contribution >= 0.6 is 0 Å². The van der Waals surface area contributed by atoms with E-state index in [1.807, 2.05) is 0 Å². The van der Waals surface area contributed by atoms with Crippen molar-refractivity contribution in [1.29, 1.82) is 0 Å².